The molecule has 0 spiro atoms. The molecule has 3 heterocycles. The average molecular weight is 294 g/mol. The summed E-state index contributed by atoms with van der Waals surface area (Å²) in [5.74, 6) is 0.827. The normalized spacial score (nSPS) is 11.3. The van der Waals surface area contributed by atoms with E-state index in [1.165, 1.54) is 20.7 Å². The Bertz CT molecular complexity index is 872. The maximum Gasteiger partial charge on any atom is 0.155 e. The summed E-state index contributed by atoms with van der Waals surface area (Å²) in [6.45, 7) is 2.90. The molecule has 0 saturated carbocycles. The van der Waals surface area contributed by atoms with Crippen molar-refractivity contribution in [2.24, 2.45) is 0 Å². The van der Waals surface area contributed by atoms with Gasteiger partial charge in [0, 0.05) is 4.88 Å². The number of furan rings is 1. The fourth-order valence-corrected chi connectivity index (χ4v) is 3.53. The van der Waals surface area contributed by atoms with Crippen LogP contribution in [0.4, 0.5) is 0 Å². The minimum Gasteiger partial charge on any atom is -0.463 e. The summed E-state index contributed by atoms with van der Waals surface area (Å²) in [4.78, 5) is 1.29. The lowest BCUT2D eigenvalue weighted by Crippen LogP contribution is -2.01. The second kappa shape index (κ2) is 4.90. The van der Waals surface area contributed by atoms with E-state index in [1.54, 1.807) is 17.6 Å². The van der Waals surface area contributed by atoms with Gasteiger partial charge in [0.05, 0.1) is 23.0 Å². The molecule has 0 unspecified atom stereocenters. The summed E-state index contributed by atoms with van der Waals surface area (Å²) in [6, 6.07) is 16.5. The first-order chi connectivity index (χ1) is 10.3. The van der Waals surface area contributed by atoms with Crippen molar-refractivity contribution >= 4 is 21.6 Å². The lowest BCUT2D eigenvalue weighted by atomic mass is 10.2. The fraction of sp³-hybridized carbons (Fsp3) is 0.118. The summed E-state index contributed by atoms with van der Waals surface area (Å²) in [5.41, 5.74) is 3.36. The average Bonchev–Trinajstić information content (AvgIpc) is 3.18. The zero-order valence-corrected chi connectivity index (χ0v) is 12.4. The molecule has 0 radical (unpaired) electrons. The first kappa shape index (κ1) is 12.4. The monoisotopic (exact) mass is 294 g/mol. The zero-order chi connectivity index (χ0) is 14.2. The van der Waals surface area contributed by atoms with Crippen LogP contribution in [0.2, 0.25) is 0 Å². The van der Waals surface area contributed by atoms with Gasteiger partial charge in [0.15, 0.2) is 5.76 Å². The number of rotatable bonds is 3. The summed E-state index contributed by atoms with van der Waals surface area (Å²) in [6.07, 6.45) is 1.69. The molecule has 0 N–H and O–H groups in total. The molecule has 3 nitrogen and oxygen atoms in total. The molecule has 0 atom stereocenters. The van der Waals surface area contributed by atoms with Crippen molar-refractivity contribution < 1.29 is 4.42 Å². The van der Waals surface area contributed by atoms with Gasteiger partial charge in [-0.25, -0.2) is 0 Å². The molecule has 104 valence electrons. The van der Waals surface area contributed by atoms with Gasteiger partial charge in [-0.05, 0) is 30.7 Å². The van der Waals surface area contributed by atoms with Crippen LogP contribution in [0.1, 0.15) is 10.4 Å². The highest BCUT2D eigenvalue weighted by molar-refractivity contribution is 7.19. The van der Waals surface area contributed by atoms with Gasteiger partial charge in [0.2, 0.25) is 0 Å². The van der Waals surface area contributed by atoms with Crippen molar-refractivity contribution in [2.45, 2.75) is 13.5 Å². The van der Waals surface area contributed by atoms with Crippen LogP contribution in [-0.4, -0.2) is 9.78 Å². The second-order valence-electron chi connectivity index (χ2n) is 5.04. The Balaban J connectivity index is 1.86. The number of thiophene rings is 1. The van der Waals surface area contributed by atoms with Crippen LogP contribution in [0.25, 0.3) is 21.7 Å². The Labute approximate surface area is 126 Å². The molecule has 4 rings (SSSR count). The number of benzene rings is 1. The molecule has 1 aromatic carbocycles. The van der Waals surface area contributed by atoms with E-state index in [4.69, 9.17) is 9.52 Å². The summed E-state index contributed by atoms with van der Waals surface area (Å²) in [7, 11) is 0. The maximum absolute atomic E-state index is 5.53. The van der Waals surface area contributed by atoms with Crippen LogP contribution in [0.15, 0.2) is 59.2 Å². The molecule has 0 aliphatic carbocycles. The van der Waals surface area contributed by atoms with E-state index in [9.17, 15) is 0 Å². The summed E-state index contributed by atoms with van der Waals surface area (Å²) < 4.78 is 8.79. The predicted molar refractivity (Wildman–Crippen MR) is 85.6 cm³/mol. The molecule has 4 heteroatoms. The third kappa shape index (κ3) is 2.17. The van der Waals surface area contributed by atoms with Crippen molar-refractivity contribution in [2.75, 3.05) is 0 Å². The van der Waals surface area contributed by atoms with Crippen LogP contribution in [0, 0.1) is 6.92 Å². The first-order valence-electron chi connectivity index (χ1n) is 6.86. The van der Waals surface area contributed by atoms with Gasteiger partial charge in [-0.2, -0.15) is 5.10 Å². The molecular formula is C17H14N2OS. The van der Waals surface area contributed by atoms with Crippen molar-refractivity contribution in [3.8, 4) is 11.5 Å². The van der Waals surface area contributed by atoms with Crippen molar-refractivity contribution in [3.63, 3.8) is 0 Å². The molecule has 4 aromatic rings. The Morgan fingerprint density at radius 1 is 1.14 bits per heavy atom. The van der Waals surface area contributed by atoms with Gasteiger partial charge in [-0.1, -0.05) is 30.3 Å². The van der Waals surface area contributed by atoms with Gasteiger partial charge in [0.25, 0.3) is 0 Å². The maximum atomic E-state index is 5.53. The van der Waals surface area contributed by atoms with Gasteiger partial charge in [-0.15, -0.1) is 11.3 Å². The van der Waals surface area contributed by atoms with E-state index in [2.05, 4.69) is 41.9 Å². The van der Waals surface area contributed by atoms with Crippen LogP contribution in [0.3, 0.4) is 0 Å². The standard InChI is InChI=1S/C17H14N2OS/c1-12-10-14-17(21-12)16(15-8-5-9-20-15)18-19(14)11-13-6-3-2-4-7-13/h2-10H,11H2,1H3. The van der Waals surface area contributed by atoms with E-state index in [0.29, 0.717) is 0 Å². The molecule has 0 saturated heterocycles. The van der Waals surface area contributed by atoms with Gasteiger partial charge in [-0.3, -0.25) is 4.68 Å². The minimum absolute atomic E-state index is 0.772. The molecule has 21 heavy (non-hydrogen) atoms. The number of hydrogen-bond donors (Lipinski definition) is 0. The Hall–Kier alpha value is -2.33. The highest BCUT2D eigenvalue weighted by atomic mass is 32.1. The molecule has 0 aliphatic rings. The third-order valence-electron chi connectivity index (χ3n) is 3.48. The third-order valence-corrected chi connectivity index (χ3v) is 4.53. The lowest BCUT2D eigenvalue weighted by Gasteiger charge is -2.02. The lowest BCUT2D eigenvalue weighted by molar-refractivity contribution is 0.577. The molecule has 0 bridgehead atoms. The van der Waals surface area contributed by atoms with Crippen molar-refractivity contribution in [1.29, 1.82) is 0 Å². The van der Waals surface area contributed by atoms with Crippen LogP contribution < -0.4 is 0 Å². The molecule has 0 amide bonds. The quantitative estimate of drug-likeness (QED) is 0.547. The minimum atomic E-state index is 0.772. The Morgan fingerprint density at radius 3 is 2.76 bits per heavy atom. The van der Waals surface area contributed by atoms with Crippen LogP contribution >= 0.6 is 11.3 Å². The van der Waals surface area contributed by atoms with Crippen LogP contribution in [-0.2, 0) is 6.54 Å². The van der Waals surface area contributed by atoms with Gasteiger partial charge in [0.1, 0.15) is 5.69 Å². The number of hydrogen-bond acceptors (Lipinski definition) is 3. The van der Waals surface area contributed by atoms with Gasteiger partial charge < -0.3 is 4.42 Å². The summed E-state index contributed by atoms with van der Waals surface area (Å²) >= 11 is 1.77. The zero-order valence-electron chi connectivity index (χ0n) is 11.6. The van der Waals surface area contributed by atoms with Crippen LogP contribution in [0.5, 0.6) is 0 Å². The SMILES string of the molecule is Cc1cc2c(s1)c(-c1ccco1)nn2Cc1ccccc1. The molecule has 0 aliphatic heterocycles. The van der Waals surface area contributed by atoms with E-state index >= 15 is 0 Å². The highest BCUT2D eigenvalue weighted by Gasteiger charge is 2.16. The second-order valence-corrected chi connectivity index (χ2v) is 6.30. The largest absolute Gasteiger partial charge is 0.463 e. The van der Waals surface area contributed by atoms with Gasteiger partial charge >= 0.3 is 0 Å². The van der Waals surface area contributed by atoms with Crippen molar-refractivity contribution in [1.82, 2.24) is 9.78 Å². The Kier molecular flexibility index (Phi) is 2.89. The topological polar surface area (TPSA) is 31.0 Å². The smallest absolute Gasteiger partial charge is 0.155 e. The fourth-order valence-electron chi connectivity index (χ4n) is 2.53. The summed E-state index contributed by atoms with van der Waals surface area (Å²) in [5, 5.41) is 4.76. The Morgan fingerprint density at radius 2 is 2.00 bits per heavy atom. The van der Waals surface area contributed by atoms with Crippen molar-refractivity contribution in [3.05, 3.63) is 65.2 Å². The highest BCUT2D eigenvalue weighted by Crippen LogP contribution is 2.34. The molecule has 3 aromatic heterocycles. The molecular weight excluding hydrogens is 280 g/mol. The number of fused-ring (bicyclic) bond motifs is 1. The number of aromatic nitrogens is 2. The van der Waals surface area contributed by atoms with E-state index in [1.807, 2.05) is 18.2 Å². The number of nitrogens with zero attached hydrogens (tertiary/aromatic N) is 2. The predicted octanol–water partition coefficient (Wildman–Crippen LogP) is 4.71. The van der Waals surface area contributed by atoms with E-state index < -0.39 is 0 Å². The van der Waals surface area contributed by atoms with E-state index in [0.717, 1.165) is 18.0 Å². The number of aryl methyl sites for hydroxylation is 1. The first-order valence-corrected chi connectivity index (χ1v) is 7.67. The molecule has 0 fully saturated rings. The van der Waals surface area contributed by atoms with E-state index in [-0.39, 0.29) is 0 Å².